The topological polar surface area (TPSA) is 92.6 Å². The second-order valence-electron chi connectivity index (χ2n) is 4.53. The van der Waals surface area contributed by atoms with Crippen molar-refractivity contribution in [3.8, 4) is 0 Å². The van der Waals surface area contributed by atoms with Gasteiger partial charge in [0.2, 0.25) is 0 Å². The van der Waals surface area contributed by atoms with Gasteiger partial charge in [-0.05, 0) is 26.0 Å². The summed E-state index contributed by atoms with van der Waals surface area (Å²) in [6.45, 7) is 3.70. The number of likely N-dealkylation sites (N-methyl/N-ethyl adjacent to an activating group) is 1. The molecule has 0 heterocycles. The summed E-state index contributed by atoms with van der Waals surface area (Å²) in [7, 11) is 1.80. The zero-order valence-corrected chi connectivity index (χ0v) is 10.2. The lowest BCUT2D eigenvalue weighted by atomic mass is 10.0. The Morgan fingerprint density at radius 2 is 2.12 bits per heavy atom. The number of nitrogens with two attached hydrogens (primary N) is 1. The molecule has 1 aromatic carbocycles. The van der Waals surface area contributed by atoms with E-state index >= 15 is 0 Å². The molecule has 0 atom stereocenters. The fourth-order valence-electron chi connectivity index (χ4n) is 1.37. The van der Waals surface area contributed by atoms with Crippen LogP contribution in [-0.4, -0.2) is 29.2 Å². The Labute approximate surface area is 99.8 Å². The Bertz CT molecular complexity index is 432. The van der Waals surface area contributed by atoms with Crippen LogP contribution >= 0.6 is 0 Å². The van der Waals surface area contributed by atoms with Crippen LogP contribution in [0.2, 0.25) is 0 Å². The molecule has 0 saturated heterocycles. The van der Waals surface area contributed by atoms with Crippen LogP contribution < -0.4 is 10.6 Å². The van der Waals surface area contributed by atoms with E-state index in [1.165, 1.54) is 12.1 Å². The average Bonchev–Trinajstić information content (AvgIpc) is 2.27. The van der Waals surface area contributed by atoms with Crippen LogP contribution in [0.4, 0.5) is 17.1 Å². The van der Waals surface area contributed by atoms with Crippen molar-refractivity contribution in [1.29, 1.82) is 0 Å². The first kappa shape index (κ1) is 13.2. The maximum atomic E-state index is 10.6. The van der Waals surface area contributed by atoms with Crippen molar-refractivity contribution in [2.75, 3.05) is 24.3 Å². The van der Waals surface area contributed by atoms with Gasteiger partial charge in [0.1, 0.15) is 5.69 Å². The van der Waals surface area contributed by atoms with Crippen molar-refractivity contribution in [1.82, 2.24) is 0 Å². The van der Waals surface area contributed by atoms with Gasteiger partial charge in [0, 0.05) is 18.8 Å². The van der Waals surface area contributed by atoms with Gasteiger partial charge in [-0.3, -0.25) is 10.1 Å². The zero-order chi connectivity index (χ0) is 13.2. The molecule has 0 radical (unpaired) electrons. The SMILES string of the molecule is CN(c1ccc([N+](=O)[O-])c(N)c1)C(C)(C)CO. The number of aliphatic hydroxyl groups is 1. The van der Waals surface area contributed by atoms with Gasteiger partial charge < -0.3 is 15.7 Å². The highest BCUT2D eigenvalue weighted by Gasteiger charge is 2.24. The first-order chi connectivity index (χ1) is 7.79. The van der Waals surface area contributed by atoms with Gasteiger partial charge in [-0.25, -0.2) is 0 Å². The second kappa shape index (κ2) is 4.58. The molecule has 3 N–H and O–H groups in total. The lowest BCUT2D eigenvalue weighted by Gasteiger charge is -2.35. The molecule has 0 bridgehead atoms. The summed E-state index contributed by atoms with van der Waals surface area (Å²) in [5.41, 5.74) is 5.90. The molecule has 0 spiro atoms. The molecule has 0 aliphatic carbocycles. The van der Waals surface area contributed by atoms with E-state index in [9.17, 15) is 15.2 Å². The normalized spacial score (nSPS) is 11.3. The summed E-state index contributed by atoms with van der Waals surface area (Å²) in [6, 6.07) is 4.52. The Morgan fingerprint density at radius 3 is 2.53 bits per heavy atom. The van der Waals surface area contributed by atoms with Crippen molar-refractivity contribution in [2.24, 2.45) is 0 Å². The molecule has 94 valence electrons. The second-order valence-corrected chi connectivity index (χ2v) is 4.53. The van der Waals surface area contributed by atoms with Gasteiger partial charge >= 0.3 is 0 Å². The summed E-state index contributed by atoms with van der Waals surface area (Å²) in [5.74, 6) is 0. The standard InChI is InChI=1S/C11H17N3O3/c1-11(2,7-15)13(3)8-4-5-10(14(16)17)9(12)6-8/h4-6,15H,7,12H2,1-3H3. The first-order valence-electron chi connectivity index (χ1n) is 5.18. The Morgan fingerprint density at radius 1 is 1.53 bits per heavy atom. The molecule has 6 nitrogen and oxygen atoms in total. The fraction of sp³-hybridized carbons (Fsp3) is 0.455. The van der Waals surface area contributed by atoms with Crippen molar-refractivity contribution in [3.63, 3.8) is 0 Å². The van der Waals surface area contributed by atoms with Gasteiger partial charge in [0.05, 0.1) is 17.1 Å². The molecule has 0 unspecified atom stereocenters. The Balaban J connectivity index is 3.10. The van der Waals surface area contributed by atoms with E-state index in [-0.39, 0.29) is 18.0 Å². The van der Waals surface area contributed by atoms with Crippen molar-refractivity contribution < 1.29 is 10.0 Å². The third-order valence-corrected chi connectivity index (χ3v) is 2.89. The van der Waals surface area contributed by atoms with E-state index in [0.717, 1.165) is 5.69 Å². The number of nitro benzene ring substituents is 1. The van der Waals surface area contributed by atoms with Crippen molar-refractivity contribution >= 4 is 17.1 Å². The molecule has 0 aromatic heterocycles. The number of anilines is 2. The molecule has 17 heavy (non-hydrogen) atoms. The molecular formula is C11H17N3O3. The lowest BCUT2D eigenvalue weighted by Crippen LogP contribution is -2.44. The third kappa shape index (κ3) is 2.65. The zero-order valence-electron chi connectivity index (χ0n) is 10.2. The highest BCUT2D eigenvalue weighted by atomic mass is 16.6. The predicted molar refractivity (Wildman–Crippen MR) is 67.1 cm³/mol. The van der Waals surface area contributed by atoms with Crippen LogP contribution in [0.3, 0.4) is 0 Å². The largest absolute Gasteiger partial charge is 0.394 e. The molecule has 0 aliphatic heterocycles. The summed E-state index contributed by atoms with van der Waals surface area (Å²) in [6.07, 6.45) is 0. The quantitative estimate of drug-likeness (QED) is 0.470. The third-order valence-electron chi connectivity index (χ3n) is 2.89. The van der Waals surface area contributed by atoms with Crippen LogP contribution in [0, 0.1) is 10.1 Å². The van der Waals surface area contributed by atoms with Crippen molar-refractivity contribution in [3.05, 3.63) is 28.3 Å². The van der Waals surface area contributed by atoms with Crippen LogP contribution in [0.25, 0.3) is 0 Å². The smallest absolute Gasteiger partial charge is 0.292 e. The van der Waals surface area contributed by atoms with E-state index < -0.39 is 10.5 Å². The van der Waals surface area contributed by atoms with Crippen LogP contribution in [0.5, 0.6) is 0 Å². The first-order valence-corrected chi connectivity index (χ1v) is 5.18. The molecule has 1 aromatic rings. The predicted octanol–water partition coefficient (Wildman–Crippen LogP) is 1.38. The molecule has 0 saturated carbocycles. The van der Waals surface area contributed by atoms with Gasteiger partial charge in [-0.1, -0.05) is 0 Å². The van der Waals surface area contributed by atoms with E-state index in [4.69, 9.17) is 5.73 Å². The highest BCUT2D eigenvalue weighted by molar-refractivity contribution is 5.67. The number of nitrogen functional groups attached to an aromatic ring is 1. The van der Waals surface area contributed by atoms with Crippen LogP contribution in [-0.2, 0) is 0 Å². The molecule has 0 aliphatic rings. The Kier molecular flexibility index (Phi) is 3.57. The molecule has 0 fully saturated rings. The number of benzene rings is 1. The highest BCUT2D eigenvalue weighted by Crippen LogP contribution is 2.29. The molecule has 1 rings (SSSR count). The monoisotopic (exact) mass is 239 g/mol. The van der Waals surface area contributed by atoms with Gasteiger partial charge in [0.15, 0.2) is 0 Å². The summed E-state index contributed by atoms with van der Waals surface area (Å²) < 4.78 is 0. The average molecular weight is 239 g/mol. The summed E-state index contributed by atoms with van der Waals surface area (Å²) in [4.78, 5) is 11.9. The van der Waals surface area contributed by atoms with Gasteiger partial charge in [-0.15, -0.1) is 0 Å². The van der Waals surface area contributed by atoms with Gasteiger partial charge in [-0.2, -0.15) is 0 Å². The number of nitrogens with zero attached hydrogens (tertiary/aromatic N) is 2. The van der Waals surface area contributed by atoms with Crippen LogP contribution in [0.15, 0.2) is 18.2 Å². The molecular weight excluding hydrogens is 222 g/mol. The molecule has 0 amide bonds. The fourth-order valence-corrected chi connectivity index (χ4v) is 1.37. The minimum atomic E-state index is -0.518. The summed E-state index contributed by atoms with van der Waals surface area (Å²) in [5, 5.41) is 19.9. The lowest BCUT2D eigenvalue weighted by molar-refractivity contribution is -0.383. The minimum Gasteiger partial charge on any atom is -0.394 e. The van der Waals surface area contributed by atoms with E-state index in [2.05, 4.69) is 0 Å². The number of hydrogen-bond acceptors (Lipinski definition) is 5. The number of aliphatic hydroxyl groups excluding tert-OH is 1. The number of rotatable bonds is 4. The maximum Gasteiger partial charge on any atom is 0.292 e. The van der Waals surface area contributed by atoms with Crippen molar-refractivity contribution in [2.45, 2.75) is 19.4 Å². The van der Waals surface area contributed by atoms with Gasteiger partial charge in [0.25, 0.3) is 5.69 Å². The molecule has 6 heteroatoms. The van der Waals surface area contributed by atoms with Crippen LogP contribution in [0.1, 0.15) is 13.8 Å². The number of hydrogen-bond donors (Lipinski definition) is 2. The van der Waals surface area contributed by atoms with E-state index in [0.29, 0.717) is 0 Å². The van der Waals surface area contributed by atoms with E-state index in [1.54, 1.807) is 13.1 Å². The minimum absolute atomic E-state index is 0.0274. The van der Waals surface area contributed by atoms with E-state index in [1.807, 2.05) is 18.7 Å². The number of nitro groups is 1. The maximum absolute atomic E-state index is 10.6. The Hall–Kier alpha value is -1.82. The summed E-state index contributed by atoms with van der Waals surface area (Å²) >= 11 is 0.